The maximum Gasteiger partial charge on any atom is 0.267 e. The van der Waals surface area contributed by atoms with Crippen LogP contribution >= 0.6 is 0 Å². The molecule has 18 heavy (non-hydrogen) atoms. The summed E-state index contributed by atoms with van der Waals surface area (Å²) < 4.78 is 11.1. The number of benzene rings is 1. The summed E-state index contributed by atoms with van der Waals surface area (Å²) in [7, 11) is 1.72. The molecule has 0 saturated heterocycles. The molecule has 1 aliphatic rings. The first-order valence-corrected chi connectivity index (χ1v) is 5.97. The van der Waals surface area contributed by atoms with Crippen LogP contribution in [-0.4, -0.2) is 43.2 Å². The number of amides is 1. The molecule has 2 N–H and O–H groups in total. The van der Waals surface area contributed by atoms with E-state index in [2.05, 4.69) is 0 Å². The Morgan fingerprint density at radius 2 is 2.17 bits per heavy atom. The number of rotatable bonds is 3. The number of hydrogen-bond donors (Lipinski definition) is 1. The van der Waals surface area contributed by atoms with Crippen LogP contribution in [0.2, 0.25) is 0 Å². The average molecular weight is 250 g/mol. The second-order valence-electron chi connectivity index (χ2n) is 4.56. The molecule has 0 saturated carbocycles. The third-order valence-corrected chi connectivity index (χ3v) is 2.72. The van der Waals surface area contributed by atoms with Crippen molar-refractivity contribution < 1.29 is 14.3 Å². The average Bonchev–Trinajstić information content (AvgIpc) is 2.36. The van der Waals surface area contributed by atoms with Crippen LogP contribution in [0.25, 0.3) is 0 Å². The number of carbonyl (C=O) groups excluding carboxylic acids is 1. The summed E-state index contributed by atoms with van der Waals surface area (Å²) in [5, 5.41) is 0. The Balaban J connectivity index is 2.02. The monoisotopic (exact) mass is 250 g/mol. The van der Waals surface area contributed by atoms with Gasteiger partial charge in [0.2, 0.25) is 6.10 Å². The van der Waals surface area contributed by atoms with Gasteiger partial charge in [-0.1, -0.05) is 12.1 Å². The SMILES string of the molecule is CC(N)CN(C)C(=O)C1COc2ccccc2O1. The standard InChI is InChI=1S/C13H18N2O3/c1-9(14)7-15(2)13(16)12-8-17-10-5-3-4-6-11(10)18-12/h3-6,9,12H,7-8,14H2,1-2H3. The zero-order valence-corrected chi connectivity index (χ0v) is 10.6. The molecular formula is C13H18N2O3. The largest absolute Gasteiger partial charge is 0.485 e. The summed E-state index contributed by atoms with van der Waals surface area (Å²) in [5.41, 5.74) is 5.67. The van der Waals surface area contributed by atoms with E-state index in [1.165, 1.54) is 0 Å². The number of para-hydroxylation sites is 2. The zero-order valence-electron chi connectivity index (χ0n) is 10.6. The van der Waals surface area contributed by atoms with Crippen LogP contribution in [0.15, 0.2) is 24.3 Å². The van der Waals surface area contributed by atoms with Crippen LogP contribution < -0.4 is 15.2 Å². The van der Waals surface area contributed by atoms with Gasteiger partial charge in [-0.05, 0) is 19.1 Å². The first-order valence-electron chi connectivity index (χ1n) is 5.97. The van der Waals surface area contributed by atoms with Crippen molar-refractivity contribution in [1.29, 1.82) is 0 Å². The van der Waals surface area contributed by atoms with Gasteiger partial charge in [0.25, 0.3) is 5.91 Å². The molecule has 2 unspecified atom stereocenters. The summed E-state index contributed by atoms with van der Waals surface area (Å²) >= 11 is 0. The minimum atomic E-state index is -0.594. The molecule has 5 nitrogen and oxygen atoms in total. The van der Waals surface area contributed by atoms with Crippen molar-refractivity contribution in [1.82, 2.24) is 4.90 Å². The van der Waals surface area contributed by atoms with Gasteiger partial charge in [0.1, 0.15) is 6.61 Å². The van der Waals surface area contributed by atoms with E-state index < -0.39 is 6.10 Å². The number of likely N-dealkylation sites (N-methyl/N-ethyl adjacent to an activating group) is 1. The van der Waals surface area contributed by atoms with Gasteiger partial charge in [-0.2, -0.15) is 0 Å². The van der Waals surface area contributed by atoms with Crippen molar-refractivity contribution >= 4 is 5.91 Å². The lowest BCUT2D eigenvalue weighted by Gasteiger charge is -2.29. The second-order valence-corrected chi connectivity index (χ2v) is 4.56. The van der Waals surface area contributed by atoms with Gasteiger partial charge in [-0.15, -0.1) is 0 Å². The van der Waals surface area contributed by atoms with Crippen LogP contribution in [-0.2, 0) is 4.79 Å². The molecule has 1 amide bonds. The van der Waals surface area contributed by atoms with Crippen molar-refractivity contribution in [2.75, 3.05) is 20.2 Å². The summed E-state index contributed by atoms with van der Waals surface area (Å²) in [6, 6.07) is 7.27. The molecule has 0 aliphatic carbocycles. The Kier molecular flexibility index (Phi) is 3.72. The van der Waals surface area contributed by atoms with Gasteiger partial charge >= 0.3 is 0 Å². The van der Waals surface area contributed by atoms with Crippen LogP contribution in [0.3, 0.4) is 0 Å². The molecule has 0 spiro atoms. The van der Waals surface area contributed by atoms with Crippen molar-refractivity contribution in [2.45, 2.75) is 19.1 Å². The Morgan fingerprint density at radius 1 is 1.50 bits per heavy atom. The number of hydrogen-bond acceptors (Lipinski definition) is 4. The van der Waals surface area contributed by atoms with E-state index >= 15 is 0 Å². The van der Waals surface area contributed by atoms with Gasteiger partial charge in [-0.3, -0.25) is 4.79 Å². The maximum absolute atomic E-state index is 12.1. The number of fused-ring (bicyclic) bond motifs is 1. The van der Waals surface area contributed by atoms with E-state index in [-0.39, 0.29) is 18.6 Å². The van der Waals surface area contributed by atoms with Crippen LogP contribution in [0, 0.1) is 0 Å². The third kappa shape index (κ3) is 2.73. The fraction of sp³-hybridized carbons (Fsp3) is 0.462. The maximum atomic E-state index is 12.1. The minimum absolute atomic E-state index is 0.0595. The Labute approximate surface area is 106 Å². The molecule has 0 aromatic heterocycles. The highest BCUT2D eigenvalue weighted by Gasteiger charge is 2.29. The summed E-state index contributed by atoms with van der Waals surface area (Å²) in [4.78, 5) is 13.7. The minimum Gasteiger partial charge on any atom is -0.485 e. The quantitative estimate of drug-likeness (QED) is 0.854. The molecule has 98 valence electrons. The van der Waals surface area contributed by atoms with E-state index in [0.29, 0.717) is 18.0 Å². The molecule has 0 bridgehead atoms. The zero-order chi connectivity index (χ0) is 13.1. The van der Waals surface area contributed by atoms with Gasteiger partial charge in [0.05, 0.1) is 0 Å². The number of nitrogens with two attached hydrogens (primary N) is 1. The number of ether oxygens (including phenoxy) is 2. The van der Waals surface area contributed by atoms with Crippen LogP contribution in [0.5, 0.6) is 11.5 Å². The molecule has 2 rings (SSSR count). The topological polar surface area (TPSA) is 64.8 Å². The Bertz CT molecular complexity index is 434. The Hall–Kier alpha value is -1.75. The third-order valence-electron chi connectivity index (χ3n) is 2.72. The van der Waals surface area contributed by atoms with E-state index in [9.17, 15) is 4.79 Å². The van der Waals surface area contributed by atoms with Crippen molar-refractivity contribution in [3.05, 3.63) is 24.3 Å². The highest BCUT2D eigenvalue weighted by Crippen LogP contribution is 2.31. The first kappa shape index (κ1) is 12.7. The van der Waals surface area contributed by atoms with Crippen molar-refractivity contribution in [3.8, 4) is 11.5 Å². The first-order chi connectivity index (χ1) is 8.58. The van der Waals surface area contributed by atoms with Crippen molar-refractivity contribution in [3.63, 3.8) is 0 Å². The molecule has 0 radical (unpaired) electrons. The van der Waals surface area contributed by atoms with Crippen LogP contribution in [0.1, 0.15) is 6.92 Å². The summed E-state index contributed by atoms with van der Waals surface area (Å²) in [6.07, 6.45) is -0.594. The molecular weight excluding hydrogens is 232 g/mol. The predicted molar refractivity (Wildman–Crippen MR) is 67.6 cm³/mol. The normalized spacial score (nSPS) is 19.2. The molecule has 1 aliphatic heterocycles. The lowest BCUT2D eigenvalue weighted by molar-refractivity contribution is -0.140. The number of nitrogens with zero attached hydrogens (tertiary/aromatic N) is 1. The van der Waals surface area contributed by atoms with Gasteiger partial charge in [0, 0.05) is 19.6 Å². The Morgan fingerprint density at radius 3 is 2.83 bits per heavy atom. The molecule has 1 heterocycles. The second kappa shape index (κ2) is 5.27. The van der Waals surface area contributed by atoms with Gasteiger partial charge in [-0.25, -0.2) is 0 Å². The highest BCUT2D eigenvalue weighted by molar-refractivity contribution is 5.81. The lowest BCUT2D eigenvalue weighted by Crippen LogP contribution is -2.47. The fourth-order valence-electron chi connectivity index (χ4n) is 1.91. The van der Waals surface area contributed by atoms with E-state index in [4.69, 9.17) is 15.2 Å². The molecule has 1 aromatic carbocycles. The molecule has 5 heteroatoms. The molecule has 1 aromatic rings. The molecule has 0 fully saturated rings. The van der Waals surface area contributed by atoms with E-state index in [0.717, 1.165) is 0 Å². The van der Waals surface area contributed by atoms with E-state index in [1.807, 2.05) is 25.1 Å². The number of carbonyl (C=O) groups is 1. The van der Waals surface area contributed by atoms with Crippen LogP contribution in [0.4, 0.5) is 0 Å². The lowest BCUT2D eigenvalue weighted by atomic mass is 10.2. The fourth-order valence-corrected chi connectivity index (χ4v) is 1.91. The summed E-state index contributed by atoms with van der Waals surface area (Å²) in [6.45, 7) is 2.59. The van der Waals surface area contributed by atoms with Gasteiger partial charge < -0.3 is 20.1 Å². The van der Waals surface area contributed by atoms with E-state index in [1.54, 1.807) is 18.0 Å². The predicted octanol–water partition coefficient (Wildman–Crippen LogP) is 0.632. The van der Waals surface area contributed by atoms with Gasteiger partial charge in [0.15, 0.2) is 11.5 Å². The molecule has 2 atom stereocenters. The van der Waals surface area contributed by atoms with Crippen molar-refractivity contribution in [2.24, 2.45) is 5.73 Å². The summed E-state index contributed by atoms with van der Waals surface area (Å²) in [5.74, 6) is 1.18. The highest BCUT2D eigenvalue weighted by atomic mass is 16.6. The smallest absolute Gasteiger partial charge is 0.267 e.